The quantitative estimate of drug-likeness (QED) is 0.467. The molecule has 4 nitrogen and oxygen atoms in total. The largest absolute Gasteiger partial charge is 0.378 e. The second-order valence-electron chi connectivity index (χ2n) is 8.47. The highest BCUT2D eigenvalue weighted by atomic mass is 35.5. The van der Waals surface area contributed by atoms with Crippen molar-refractivity contribution in [2.75, 3.05) is 54.5 Å². The SMILES string of the molecule is Cc1cc(N(C)C)cc(C)c1N1CN(c2c(C)cc(N(C)C)cc2C)C(Cl)C1Cl. The number of anilines is 4. The highest BCUT2D eigenvalue weighted by Crippen LogP contribution is 2.41. The van der Waals surface area contributed by atoms with Gasteiger partial charge >= 0.3 is 0 Å². The lowest BCUT2D eigenvalue weighted by Gasteiger charge is -2.28. The summed E-state index contributed by atoms with van der Waals surface area (Å²) in [7, 11) is 8.25. The van der Waals surface area contributed by atoms with Gasteiger partial charge in [-0.05, 0) is 74.2 Å². The molecular weight excluding hydrogens is 403 g/mol. The van der Waals surface area contributed by atoms with Gasteiger partial charge in [0, 0.05) is 50.9 Å². The molecule has 0 aromatic heterocycles. The van der Waals surface area contributed by atoms with Crippen molar-refractivity contribution in [1.29, 1.82) is 0 Å². The summed E-state index contributed by atoms with van der Waals surface area (Å²) < 4.78 is 0. The molecule has 1 aliphatic rings. The van der Waals surface area contributed by atoms with E-state index in [9.17, 15) is 0 Å². The third-order valence-corrected chi connectivity index (χ3v) is 6.76. The van der Waals surface area contributed by atoms with E-state index in [2.05, 4.69) is 99.8 Å². The number of benzene rings is 2. The molecule has 0 amide bonds. The lowest BCUT2D eigenvalue weighted by molar-refractivity contribution is 0.875. The number of halogens is 2. The van der Waals surface area contributed by atoms with Gasteiger partial charge in [0.25, 0.3) is 0 Å². The molecule has 29 heavy (non-hydrogen) atoms. The Morgan fingerprint density at radius 2 is 0.931 bits per heavy atom. The Kier molecular flexibility index (Phi) is 6.16. The second kappa shape index (κ2) is 8.16. The van der Waals surface area contributed by atoms with Gasteiger partial charge in [0.1, 0.15) is 11.0 Å². The molecule has 1 saturated heterocycles. The maximum absolute atomic E-state index is 6.87. The minimum absolute atomic E-state index is 0.313. The minimum Gasteiger partial charge on any atom is -0.378 e. The van der Waals surface area contributed by atoms with E-state index in [0.29, 0.717) is 6.67 Å². The van der Waals surface area contributed by atoms with Gasteiger partial charge in [0.2, 0.25) is 0 Å². The van der Waals surface area contributed by atoms with Crippen LogP contribution < -0.4 is 19.6 Å². The standard InChI is InChI=1S/C23H32Cl2N4/c1-14-9-18(26(5)6)10-15(2)20(14)28-13-29(23(25)22(28)24)21-16(3)11-19(27(7)8)12-17(21)4/h9-12,22-23H,13H2,1-8H3. The van der Waals surface area contributed by atoms with Gasteiger partial charge in [-0.15, -0.1) is 0 Å². The fourth-order valence-electron chi connectivity index (χ4n) is 4.29. The molecule has 0 bridgehead atoms. The highest BCUT2D eigenvalue weighted by molar-refractivity contribution is 6.32. The molecule has 2 aromatic carbocycles. The zero-order valence-electron chi connectivity index (χ0n) is 18.7. The van der Waals surface area contributed by atoms with Crippen LogP contribution in [-0.4, -0.2) is 45.9 Å². The van der Waals surface area contributed by atoms with Crippen LogP contribution in [0.5, 0.6) is 0 Å². The molecular formula is C23H32Cl2N4. The minimum atomic E-state index is -0.313. The molecule has 0 N–H and O–H groups in total. The highest BCUT2D eigenvalue weighted by Gasteiger charge is 2.40. The van der Waals surface area contributed by atoms with Gasteiger partial charge < -0.3 is 19.6 Å². The van der Waals surface area contributed by atoms with Crippen LogP contribution in [0.15, 0.2) is 24.3 Å². The number of hydrogen-bond donors (Lipinski definition) is 0. The summed E-state index contributed by atoms with van der Waals surface area (Å²) in [6.45, 7) is 9.25. The number of rotatable bonds is 4. The normalized spacial score (nSPS) is 19.1. The summed E-state index contributed by atoms with van der Waals surface area (Å²) >= 11 is 13.7. The Bertz CT molecular complexity index is 790. The van der Waals surface area contributed by atoms with Gasteiger partial charge in [0.05, 0.1) is 6.67 Å². The van der Waals surface area contributed by atoms with Crippen LogP contribution in [0.4, 0.5) is 22.7 Å². The third kappa shape index (κ3) is 3.97. The smallest absolute Gasteiger partial charge is 0.140 e. The molecule has 2 atom stereocenters. The van der Waals surface area contributed by atoms with Gasteiger partial charge in [-0.2, -0.15) is 0 Å². The summed E-state index contributed by atoms with van der Waals surface area (Å²) in [5, 5.41) is 0. The molecule has 0 saturated carbocycles. The molecule has 158 valence electrons. The number of nitrogens with zero attached hydrogens (tertiary/aromatic N) is 4. The van der Waals surface area contributed by atoms with E-state index in [0.717, 1.165) is 0 Å². The van der Waals surface area contributed by atoms with Crippen LogP contribution in [0.25, 0.3) is 0 Å². The predicted molar refractivity (Wildman–Crippen MR) is 130 cm³/mol. The molecule has 1 aliphatic heterocycles. The maximum atomic E-state index is 6.87. The van der Waals surface area contributed by atoms with Crippen molar-refractivity contribution in [3.05, 3.63) is 46.5 Å². The van der Waals surface area contributed by atoms with Crippen molar-refractivity contribution in [1.82, 2.24) is 0 Å². The van der Waals surface area contributed by atoms with E-state index in [1.807, 2.05) is 0 Å². The lowest BCUT2D eigenvalue weighted by atomic mass is 10.1. The molecule has 1 fully saturated rings. The first-order valence-corrected chi connectivity index (χ1v) is 10.8. The molecule has 1 heterocycles. The van der Waals surface area contributed by atoms with Crippen LogP contribution in [0.3, 0.4) is 0 Å². The Balaban J connectivity index is 2.01. The van der Waals surface area contributed by atoms with Crippen LogP contribution in [-0.2, 0) is 0 Å². The van der Waals surface area contributed by atoms with Gasteiger partial charge in [-0.1, -0.05) is 23.2 Å². The summed E-state index contributed by atoms with van der Waals surface area (Å²) in [6.07, 6.45) is 0. The first-order chi connectivity index (χ1) is 13.5. The van der Waals surface area contributed by atoms with E-state index >= 15 is 0 Å². The third-order valence-electron chi connectivity index (χ3n) is 5.69. The van der Waals surface area contributed by atoms with Crippen molar-refractivity contribution in [2.45, 2.75) is 38.7 Å². The predicted octanol–water partition coefficient (Wildman–Crippen LogP) is 5.47. The molecule has 0 aliphatic carbocycles. The summed E-state index contributed by atoms with van der Waals surface area (Å²) in [5.41, 5.74) is 8.94. The van der Waals surface area contributed by atoms with E-state index < -0.39 is 0 Å². The molecule has 2 unspecified atom stereocenters. The lowest BCUT2D eigenvalue weighted by Crippen LogP contribution is -2.29. The van der Waals surface area contributed by atoms with E-state index in [1.54, 1.807) is 0 Å². The fraction of sp³-hybridized carbons (Fsp3) is 0.478. The monoisotopic (exact) mass is 434 g/mol. The Hall–Kier alpha value is -1.78. The van der Waals surface area contributed by atoms with Crippen LogP contribution in [0.2, 0.25) is 0 Å². The summed E-state index contributed by atoms with van der Waals surface area (Å²) in [5.74, 6) is 0. The Labute approximate surface area is 185 Å². The molecule has 0 spiro atoms. The number of hydrogen-bond acceptors (Lipinski definition) is 4. The average molecular weight is 435 g/mol. The molecule has 3 rings (SSSR count). The van der Waals surface area contributed by atoms with Crippen LogP contribution in [0, 0.1) is 27.7 Å². The molecule has 6 heteroatoms. The van der Waals surface area contributed by atoms with Gasteiger partial charge in [-0.3, -0.25) is 0 Å². The summed E-state index contributed by atoms with van der Waals surface area (Å²) in [4.78, 5) is 8.70. The number of aryl methyl sites for hydroxylation is 4. The Morgan fingerprint density at radius 1 is 0.655 bits per heavy atom. The fourth-order valence-corrected chi connectivity index (χ4v) is 4.88. The van der Waals surface area contributed by atoms with Gasteiger partial charge in [-0.25, -0.2) is 0 Å². The van der Waals surface area contributed by atoms with Gasteiger partial charge in [0.15, 0.2) is 0 Å². The zero-order valence-corrected chi connectivity index (χ0v) is 20.2. The van der Waals surface area contributed by atoms with Crippen LogP contribution >= 0.6 is 23.2 Å². The number of alkyl halides is 2. The van der Waals surface area contributed by atoms with E-state index in [4.69, 9.17) is 23.2 Å². The van der Waals surface area contributed by atoms with Crippen molar-refractivity contribution < 1.29 is 0 Å². The first kappa shape index (κ1) is 21.9. The van der Waals surface area contributed by atoms with Crippen molar-refractivity contribution in [2.24, 2.45) is 0 Å². The topological polar surface area (TPSA) is 13.0 Å². The van der Waals surface area contributed by atoms with Crippen molar-refractivity contribution >= 4 is 46.0 Å². The van der Waals surface area contributed by atoms with Crippen molar-refractivity contribution in [3.8, 4) is 0 Å². The Morgan fingerprint density at radius 3 is 1.17 bits per heavy atom. The zero-order chi connectivity index (χ0) is 21.6. The average Bonchev–Trinajstić information content (AvgIpc) is 2.89. The first-order valence-electron chi connectivity index (χ1n) is 9.91. The molecule has 0 radical (unpaired) electrons. The van der Waals surface area contributed by atoms with E-state index in [-0.39, 0.29) is 11.0 Å². The van der Waals surface area contributed by atoms with Crippen molar-refractivity contribution in [3.63, 3.8) is 0 Å². The second-order valence-corrected chi connectivity index (χ2v) is 9.37. The van der Waals surface area contributed by atoms with E-state index in [1.165, 1.54) is 45.0 Å². The van der Waals surface area contributed by atoms with Crippen LogP contribution in [0.1, 0.15) is 22.3 Å². The summed E-state index contributed by atoms with van der Waals surface area (Å²) in [6, 6.07) is 8.83. The molecule has 2 aromatic rings. The maximum Gasteiger partial charge on any atom is 0.140 e.